The highest BCUT2D eigenvalue weighted by atomic mass is 32.2. The number of aliphatic hydroxyl groups excluding tert-OH is 1. The van der Waals surface area contributed by atoms with E-state index in [1.807, 2.05) is 0 Å². The van der Waals surface area contributed by atoms with E-state index in [2.05, 4.69) is 9.89 Å². The highest BCUT2D eigenvalue weighted by molar-refractivity contribution is 8.18. The maximum Gasteiger partial charge on any atom is 0.286 e. The highest BCUT2D eigenvalue weighted by Crippen LogP contribution is 2.30. The number of thioether (sulfide) groups is 1. The van der Waals surface area contributed by atoms with E-state index in [0.717, 1.165) is 43.5 Å². The zero-order chi connectivity index (χ0) is 16.2. The number of aliphatic hydroxyl groups is 1. The average Bonchev–Trinajstić information content (AvgIpc) is 2.92. The number of amides is 1. The number of aromatic hydroxyl groups is 1. The monoisotopic (exact) mass is 334 g/mol. The van der Waals surface area contributed by atoms with Crippen LogP contribution in [0.5, 0.6) is 5.75 Å². The molecule has 1 fully saturated rings. The van der Waals surface area contributed by atoms with E-state index in [1.54, 1.807) is 30.3 Å². The molecule has 2 aliphatic heterocycles. The number of hydrogen-bond donors (Lipinski definition) is 3. The summed E-state index contributed by atoms with van der Waals surface area (Å²) in [4.78, 5) is 20.4. The molecule has 1 amide bonds. The highest BCUT2D eigenvalue weighted by Gasteiger charge is 2.29. The number of nitrogens with zero attached hydrogens (tertiary/aromatic N) is 2. The van der Waals surface area contributed by atoms with E-state index in [-0.39, 0.29) is 18.3 Å². The van der Waals surface area contributed by atoms with Crippen LogP contribution in [0.15, 0.2) is 34.2 Å². The summed E-state index contributed by atoms with van der Waals surface area (Å²) in [6.07, 6.45) is 1.80. The Labute approximate surface area is 139 Å². The van der Waals surface area contributed by atoms with Gasteiger partial charge in [-0.1, -0.05) is 12.1 Å². The van der Waals surface area contributed by atoms with Crippen LogP contribution in [0.2, 0.25) is 0 Å². The van der Waals surface area contributed by atoms with Gasteiger partial charge in [-0.15, -0.1) is 0 Å². The number of carbonyl (C=O) groups is 1. The van der Waals surface area contributed by atoms with Gasteiger partial charge in [0, 0.05) is 0 Å². The first kappa shape index (κ1) is 16.0. The minimum atomic E-state index is -0.205. The van der Waals surface area contributed by atoms with Crippen molar-refractivity contribution in [3.05, 3.63) is 34.7 Å². The van der Waals surface area contributed by atoms with Crippen molar-refractivity contribution in [2.75, 3.05) is 39.3 Å². The van der Waals surface area contributed by atoms with Gasteiger partial charge in [-0.05, 0) is 35.5 Å². The van der Waals surface area contributed by atoms with Crippen LogP contribution in [0, 0.1) is 0 Å². The van der Waals surface area contributed by atoms with Gasteiger partial charge in [-0.3, -0.25) is 4.79 Å². The number of hydrogen-bond acceptors (Lipinski definition) is 5. The zero-order valence-corrected chi connectivity index (χ0v) is 13.6. The van der Waals surface area contributed by atoms with Crippen molar-refractivity contribution < 1.29 is 19.9 Å². The molecule has 3 N–H and O–H groups in total. The van der Waals surface area contributed by atoms with Crippen LogP contribution in [0.1, 0.15) is 5.56 Å². The van der Waals surface area contributed by atoms with Crippen LogP contribution in [-0.4, -0.2) is 65.5 Å². The quantitative estimate of drug-likeness (QED) is 0.653. The number of aliphatic imine (C=N–C) groups is 1. The number of nitrogens with one attached hydrogen (secondary N) is 1. The largest absolute Gasteiger partial charge is 0.508 e. The van der Waals surface area contributed by atoms with Crippen molar-refractivity contribution in [3.8, 4) is 5.75 Å². The molecule has 1 saturated heterocycles. The van der Waals surface area contributed by atoms with Crippen molar-refractivity contribution >= 4 is 28.9 Å². The van der Waals surface area contributed by atoms with Gasteiger partial charge in [0.15, 0.2) is 5.17 Å². The number of phenols is 1. The van der Waals surface area contributed by atoms with Crippen molar-refractivity contribution in [2.24, 2.45) is 4.99 Å². The Morgan fingerprint density at radius 3 is 2.61 bits per heavy atom. The van der Waals surface area contributed by atoms with Crippen molar-refractivity contribution in [3.63, 3.8) is 0 Å². The molecule has 0 spiro atoms. The Kier molecular flexibility index (Phi) is 5.00. The number of amidine groups is 1. The second kappa shape index (κ2) is 7.16. The Morgan fingerprint density at radius 2 is 1.96 bits per heavy atom. The minimum Gasteiger partial charge on any atom is -0.508 e. The average molecular weight is 334 g/mol. The van der Waals surface area contributed by atoms with E-state index in [4.69, 9.17) is 5.11 Å². The zero-order valence-electron chi connectivity index (χ0n) is 12.7. The van der Waals surface area contributed by atoms with E-state index in [9.17, 15) is 9.90 Å². The molecule has 0 atom stereocenters. The molecular weight excluding hydrogens is 314 g/mol. The normalized spacial score (nSPS) is 21.1. The number of carbonyl (C=O) groups excluding carboxylic acids is 1. The van der Waals surface area contributed by atoms with Crippen LogP contribution in [0.25, 0.3) is 6.08 Å². The van der Waals surface area contributed by atoms with Gasteiger partial charge in [0.2, 0.25) is 0 Å². The summed E-state index contributed by atoms with van der Waals surface area (Å²) < 4.78 is 0. The lowest BCUT2D eigenvalue weighted by molar-refractivity contribution is -0.904. The second-order valence-corrected chi connectivity index (χ2v) is 6.62. The second-order valence-electron chi connectivity index (χ2n) is 5.61. The molecule has 2 heterocycles. The van der Waals surface area contributed by atoms with E-state index in [1.165, 1.54) is 16.7 Å². The summed E-state index contributed by atoms with van der Waals surface area (Å²) in [6, 6.07) is 6.74. The Hall–Kier alpha value is -1.83. The molecule has 0 radical (unpaired) electrons. The Balaban J connectivity index is 1.63. The van der Waals surface area contributed by atoms with E-state index < -0.39 is 0 Å². The van der Waals surface area contributed by atoms with Crippen LogP contribution in [-0.2, 0) is 4.79 Å². The van der Waals surface area contributed by atoms with Crippen LogP contribution < -0.4 is 4.90 Å². The molecule has 6 nitrogen and oxygen atoms in total. The molecule has 1 aromatic carbocycles. The lowest BCUT2D eigenvalue weighted by Crippen LogP contribution is -3.15. The summed E-state index contributed by atoms with van der Waals surface area (Å²) >= 11 is 1.41. The van der Waals surface area contributed by atoms with E-state index >= 15 is 0 Å². The molecule has 7 heteroatoms. The van der Waals surface area contributed by atoms with Crippen molar-refractivity contribution in [1.82, 2.24) is 4.90 Å². The minimum absolute atomic E-state index is 0.205. The summed E-state index contributed by atoms with van der Waals surface area (Å²) in [6.45, 7) is 4.58. The molecule has 3 rings (SSSR count). The first-order chi connectivity index (χ1) is 11.2. The molecule has 23 heavy (non-hydrogen) atoms. The van der Waals surface area contributed by atoms with E-state index in [0.29, 0.717) is 4.91 Å². The summed E-state index contributed by atoms with van der Waals surface area (Å²) in [5.41, 5.74) is 0.868. The third-order valence-corrected chi connectivity index (χ3v) is 5.05. The summed E-state index contributed by atoms with van der Waals surface area (Å²) in [7, 11) is 0. The van der Waals surface area contributed by atoms with Gasteiger partial charge >= 0.3 is 0 Å². The molecular formula is C16H20N3O3S+. The van der Waals surface area contributed by atoms with Gasteiger partial charge < -0.3 is 20.0 Å². The third-order valence-electron chi connectivity index (χ3n) is 4.01. The lowest BCUT2D eigenvalue weighted by atomic mass is 10.2. The molecule has 0 aliphatic carbocycles. The first-order valence-corrected chi connectivity index (χ1v) is 8.48. The number of rotatable bonds is 3. The number of benzene rings is 1. The fourth-order valence-corrected chi connectivity index (χ4v) is 3.64. The first-order valence-electron chi connectivity index (χ1n) is 7.66. The predicted molar refractivity (Wildman–Crippen MR) is 90.3 cm³/mol. The molecule has 0 bridgehead atoms. The standard InChI is InChI=1S/C16H19N3O3S/c20-10-9-18-5-7-19(8-6-18)16-17-15(22)14(23-16)11-12-1-3-13(21)4-2-12/h1-4,11,20-21H,5-10H2/p+1/b14-11-. The molecule has 0 aromatic heterocycles. The SMILES string of the molecule is O=C1N=C(N2CC[NH+](CCO)CC2)S/C1=C\c1ccc(O)cc1. The molecule has 1 aromatic rings. The Morgan fingerprint density at radius 1 is 1.26 bits per heavy atom. The third kappa shape index (κ3) is 3.93. The maximum atomic E-state index is 12.1. The molecule has 0 saturated carbocycles. The van der Waals surface area contributed by atoms with Crippen LogP contribution >= 0.6 is 11.8 Å². The lowest BCUT2D eigenvalue weighted by Gasteiger charge is -2.32. The van der Waals surface area contributed by atoms with Crippen molar-refractivity contribution in [2.45, 2.75) is 0 Å². The molecule has 2 aliphatic rings. The van der Waals surface area contributed by atoms with Crippen molar-refractivity contribution in [1.29, 1.82) is 0 Å². The number of piperazine rings is 1. The fourth-order valence-electron chi connectivity index (χ4n) is 2.68. The van der Waals surface area contributed by atoms with Gasteiger partial charge in [-0.25, -0.2) is 0 Å². The van der Waals surface area contributed by atoms with Gasteiger partial charge in [-0.2, -0.15) is 4.99 Å². The van der Waals surface area contributed by atoms with Gasteiger partial charge in [0.1, 0.15) is 12.3 Å². The van der Waals surface area contributed by atoms with Gasteiger partial charge in [0.05, 0.1) is 37.7 Å². The molecule has 0 unspecified atom stereocenters. The predicted octanol–water partition coefficient (Wildman–Crippen LogP) is -0.445. The fraction of sp³-hybridized carbons (Fsp3) is 0.375. The maximum absolute atomic E-state index is 12.1. The van der Waals surface area contributed by atoms with Gasteiger partial charge in [0.25, 0.3) is 5.91 Å². The smallest absolute Gasteiger partial charge is 0.286 e. The van der Waals surface area contributed by atoms with Crippen LogP contribution in [0.3, 0.4) is 0 Å². The number of quaternary nitrogens is 1. The summed E-state index contributed by atoms with van der Waals surface area (Å²) in [5.74, 6) is 0.000880. The number of phenolic OH excluding ortho intramolecular Hbond substituents is 1. The summed E-state index contributed by atoms with van der Waals surface area (Å²) in [5, 5.41) is 19.1. The van der Waals surface area contributed by atoms with Crippen LogP contribution in [0.4, 0.5) is 0 Å². The molecule has 122 valence electrons. The topological polar surface area (TPSA) is 77.6 Å². The Bertz CT molecular complexity index is 634.